The highest BCUT2D eigenvalue weighted by molar-refractivity contribution is 7.14. The van der Waals surface area contributed by atoms with Gasteiger partial charge < -0.3 is 10.0 Å². The van der Waals surface area contributed by atoms with E-state index < -0.39 is 5.97 Å². The Labute approximate surface area is 122 Å². The Morgan fingerprint density at radius 1 is 1.45 bits per heavy atom. The number of anilines is 1. The largest absolute Gasteiger partial charge is 0.478 e. The lowest BCUT2D eigenvalue weighted by Crippen LogP contribution is -2.43. The smallest absolute Gasteiger partial charge is 0.338 e. The summed E-state index contributed by atoms with van der Waals surface area (Å²) in [6.45, 7) is 5.89. The van der Waals surface area contributed by atoms with Crippen molar-refractivity contribution in [1.82, 2.24) is 4.90 Å². The first-order chi connectivity index (χ1) is 9.45. The minimum atomic E-state index is -1.02. The number of carbonyl (C=O) groups excluding carboxylic acids is 1. The molecule has 5 nitrogen and oxygen atoms in total. The van der Waals surface area contributed by atoms with Gasteiger partial charge in [-0.2, -0.15) is 0 Å². The third kappa shape index (κ3) is 3.12. The summed E-state index contributed by atoms with van der Waals surface area (Å²) in [4.78, 5) is 24.9. The van der Waals surface area contributed by atoms with Gasteiger partial charge in [-0.15, -0.1) is 11.3 Å². The first-order valence-electron chi connectivity index (χ1n) is 6.82. The van der Waals surface area contributed by atoms with E-state index in [9.17, 15) is 9.59 Å². The van der Waals surface area contributed by atoms with Crippen LogP contribution in [0.15, 0.2) is 11.4 Å². The van der Waals surface area contributed by atoms with Crippen molar-refractivity contribution in [3.63, 3.8) is 0 Å². The molecule has 1 aliphatic rings. The number of hydrogen-bond donors (Lipinski definition) is 2. The van der Waals surface area contributed by atoms with E-state index in [0.717, 1.165) is 32.4 Å². The van der Waals surface area contributed by atoms with Crippen molar-refractivity contribution >= 4 is 28.3 Å². The Bertz CT molecular complexity index is 504. The van der Waals surface area contributed by atoms with Gasteiger partial charge >= 0.3 is 12.0 Å². The van der Waals surface area contributed by atoms with E-state index in [1.165, 1.54) is 17.4 Å². The first-order valence-corrected chi connectivity index (χ1v) is 7.70. The number of amides is 2. The van der Waals surface area contributed by atoms with Crippen molar-refractivity contribution in [2.45, 2.75) is 33.1 Å². The van der Waals surface area contributed by atoms with E-state index in [0.29, 0.717) is 10.4 Å². The molecule has 2 amide bonds. The number of rotatable bonds is 3. The highest BCUT2D eigenvalue weighted by Crippen LogP contribution is 2.34. The van der Waals surface area contributed by atoms with Gasteiger partial charge in [-0.25, -0.2) is 9.59 Å². The Morgan fingerprint density at radius 2 is 2.10 bits per heavy atom. The summed E-state index contributed by atoms with van der Waals surface area (Å²) in [5, 5.41) is 13.8. The summed E-state index contributed by atoms with van der Waals surface area (Å²) >= 11 is 1.24. The number of piperidine rings is 1. The van der Waals surface area contributed by atoms with Crippen molar-refractivity contribution in [3.05, 3.63) is 17.0 Å². The van der Waals surface area contributed by atoms with Gasteiger partial charge in [-0.1, -0.05) is 20.3 Å². The van der Waals surface area contributed by atoms with Crippen LogP contribution in [-0.4, -0.2) is 35.1 Å². The second-order valence-corrected chi connectivity index (χ2v) is 6.47. The molecule has 1 saturated heterocycles. The van der Waals surface area contributed by atoms with Gasteiger partial charge in [0.25, 0.3) is 0 Å². The fourth-order valence-corrected chi connectivity index (χ4v) is 3.12. The molecule has 6 heteroatoms. The fraction of sp³-hybridized carbons (Fsp3) is 0.571. The van der Waals surface area contributed by atoms with Crippen molar-refractivity contribution in [1.29, 1.82) is 0 Å². The minimum absolute atomic E-state index is 0.152. The molecule has 0 saturated carbocycles. The molecular formula is C14H20N2O3S. The predicted molar refractivity (Wildman–Crippen MR) is 79.5 cm³/mol. The van der Waals surface area contributed by atoms with Crippen LogP contribution in [0.4, 0.5) is 9.80 Å². The minimum Gasteiger partial charge on any atom is -0.478 e. The third-order valence-electron chi connectivity index (χ3n) is 4.23. The molecule has 0 unspecified atom stereocenters. The zero-order valence-corrected chi connectivity index (χ0v) is 12.6. The number of aromatic carboxylic acids is 1. The lowest BCUT2D eigenvalue weighted by molar-refractivity contribution is 0.0698. The van der Waals surface area contributed by atoms with Crippen molar-refractivity contribution in [2.24, 2.45) is 5.41 Å². The van der Waals surface area contributed by atoms with Crippen LogP contribution in [-0.2, 0) is 0 Å². The fourth-order valence-electron chi connectivity index (χ4n) is 2.35. The molecule has 1 aromatic heterocycles. The van der Waals surface area contributed by atoms with Crippen molar-refractivity contribution in [3.8, 4) is 0 Å². The first kappa shape index (κ1) is 14.8. The number of carbonyl (C=O) groups is 2. The molecule has 0 aromatic carbocycles. The number of likely N-dealkylation sites (tertiary alicyclic amines) is 1. The normalized spacial score (nSPS) is 17.8. The van der Waals surface area contributed by atoms with Crippen LogP contribution in [0, 0.1) is 5.41 Å². The molecule has 1 aliphatic heterocycles. The Morgan fingerprint density at radius 3 is 2.65 bits per heavy atom. The maximum atomic E-state index is 12.2. The summed E-state index contributed by atoms with van der Waals surface area (Å²) in [6.07, 6.45) is 3.11. The van der Waals surface area contributed by atoms with E-state index in [2.05, 4.69) is 19.2 Å². The summed E-state index contributed by atoms with van der Waals surface area (Å²) in [7, 11) is 0. The van der Waals surface area contributed by atoms with Crippen LogP contribution >= 0.6 is 11.3 Å². The van der Waals surface area contributed by atoms with Gasteiger partial charge in [-0.3, -0.25) is 5.32 Å². The SMILES string of the molecule is CCC1(C)CCN(C(=O)Nc2sccc2C(=O)O)CC1. The van der Waals surface area contributed by atoms with Gasteiger partial charge in [0.15, 0.2) is 0 Å². The molecule has 2 heterocycles. The zero-order chi connectivity index (χ0) is 14.8. The quantitative estimate of drug-likeness (QED) is 0.897. The summed E-state index contributed by atoms with van der Waals surface area (Å²) < 4.78 is 0. The van der Waals surface area contributed by atoms with Crippen LogP contribution < -0.4 is 5.32 Å². The van der Waals surface area contributed by atoms with Crippen molar-refractivity contribution < 1.29 is 14.7 Å². The highest BCUT2D eigenvalue weighted by Gasteiger charge is 2.30. The van der Waals surface area contributed by atoms with Gasteiger partial charge in [0, 0.05) is 13.1 Å². The van der Waals surface area contributed by atoms with Crippen molar-refractivity contribution in [2.75, 3.05) is 18.4 Å². The number of hydrogen-bond acceptors (Lipinski definition) is 3. The van der Waals surface area contributed by atoms with E-state index in [1.54, 1.807) is 10.3 Å². The maximum Gasteiger partial charge on any atom is 0.338 e. The maximum absolute atomic E-state index is 12.2. The molecule has 1 fully saturated rings. The molecule has 0 spiro atoms. The average molecular weight is 296 g/mol. The molecule has 2 rings (SSSR count). The van der Waals surface area contributed by atoms with Crippen LogP contribution in [0.25, 0.3) is 0 Å². The standard InChI is InChI=1S/C14H20N2O3S/c1-3-14(2)5-7-16(8-6-14)13(19)15-11-10(12(17)18)4-9-20-11/h4,9H,3,5-8H2,1-2H3,(H,15,19)(H,17,18). The van der Waals surface area contributed by atoms with Gasteiger partial charge in [0.2, 0.25) is 0 Å². The molecule has 1 aromatic rings. The molecule has 20 heavy (non-hydrogen) atoms. The van der Waals surface area contributed by atoms with Gasteiger partial charge in [-0.05, 0) is 29.7 Å². The van der Waals surface area contributed by atoms with Gasteiger partial charge in [0.1, 0.15) is 5.00 Å². The number of carboxylic acid groups (broad SMARTS) is 1. The topological polar surface area (TPSA) is 69.6 Å². The third-order valence-corrected chi connectivity index (χ3v) is 5.06. The van der Waals surface area contributed by atoms with E-state index in [4.69, 9.17) is 5.11 Å². The summed E-state index contributed by atoms with van der Waals surface area (Å²) in [5.41, 5.74) is 0.477. The van der Waals surface area contributed by atoms with Crippen LogP contribution in [0.1, 0.15) is 43.5 Å². The number of thiophene rings is 1. The zero-order valence-electron chi connectivity index (χ0n) is 11.8. The lowest BCUT2D eigenvalue weighted by Gasteiger charge is -2.38. The van der Waals surface area contributed by atoms with E-state index in [1.807, 2.05) is 0 Å². The Hall–Kier alpha value is -1.56. The molecule has 0 radical (unpaired) electrons. The number of carboxylic acids is 1. The summed E-state index contributed by atoms with van der Waals surface area (Å²) in [5.74, 6) is -1.02. The Kier molecular flexibility index (Phi) is 4.32. The highest BCUT2D eigenvalue weighted by atomic mass is 32.1. The average Bonchev–Trinajstić information content (AvgIpc) is 2.88. The molecule has 110 valence electrons. The molecule has 0 atom stereocenters. The molecule has 0 bridgehead atoms. The second-order valence-electron chi connectivity index (χ2n) is 5.55. The van der Waals surface area contributed by atoms with Crippen LogP contribution in [0.2, 0.25) is 0 Å². The number of nitrogens with zero attached hydrogens (tertiary/aromatic N) is 1. The van der Waals surface area contributed by atoms with Gasteiger partial charge in [0.05, 0.1) is 5.56 Å². The molecule has 0 aliphatic carbocycles. The van der Waals surface area contributed by atoms with Crippen LogP contribution in [0.5, 0.6) is 0 Å². The monoisotopic (exact) mass is 296 g/mol. The number of nitrogens with one attached hydrogen (secondary N) is 1. The molecule has 2 N–H and O–H groups in total. The second kappa shape index (κ2) is 5.83. The predicted octanol–water partition coefficient (Wildman–Crippen LogP) is 3.49. The van der Waals surface area contributed by atoms with E-state index >= 15 is 0 Å². The van der Waals surface area contributed by atoms with E-state index in [-0.39, 0.29) is 11.6 Å². The van der Waals surface area contributed by atoms with Crippen LogP contribution in [0.3, 0.4) is 0 Å². The molecular weight excluding hydrogens is 276 g/mol. The summed E-state index contributed by atoms with van der Waals surface area (Å²) in [6, 6.07) is 1.31. The number of urea groups is 1. The lowest BCUT2D eigenvalue weighted by atomic mass is 9.78. The Balaban J connectivity index is 1.96.